The van der Waals surface area contributed by atoms with Crippen molar-refractivity contribution in [3.63, 3.8) is 0 Å². The Labute approximate surface area is 193 Å². The third kappa shape index (κ3) is 6.81. The van der Waals surface area contributed by atoms with Crippen molar-refractivity contribution in [2.24, 2.45) is 0 Å². The van der Waals surface area contributed by atoms with Gasteiger partial charge in [0.2, 0.25) is 0 Å². The lowest BCUT2D eigenvalue weighted by molar-refractivity contribution is 0.101. The van der Waals surface area contributed by atoms with E-state index in [1.54, 1.807) is 20.4 Å². The van der Waals surface area contributed by atoms with Gasteiger partial charge in [-0.05, 0) is 42.3 Å². The Morgan fingerprint density at radius 3 is 2.48 bits per heavy atom. The lowest BCUT2D eigenvalue weighted by Crippen LogP contribution is -2.33. The Morgan fingerprint density at radius 1 is 1.12 bits per heavy atom. The Balaban J connectivity index is 1.44. The van der Waals surface area contributed by atoms with Crippen molar-refractivity contribution in [1.29, 1.82) is 0 Å². The van der Waals surface area contributed by atoms with Crippen molar-refractivity contribution in [3.05, 3.63) is 71.3 Å². The van der Waals surface area contributed by atoms with E-state index in [9.17, 15) is 9.90 Å². The van der Waals surface area contributed by atoms with E-state index < -0.39 is 6.10 Å². The Kier molecular flexibility index (Phi) is 8.46. The van der Waals surface area contributed by atoms with Gasteiger partial charge in [-0.2, -0.15) is 0 Å². The zero-order valence-electron chi connectivity index (χ0n) is 19.4. The number of ketones is 1. The first kappa shape index (κ1) is 24.3. The number of H-pyrrole nitrogens is 1. The van der Waals surface area contributed by atoms with Gasteiger partial charge in [-0.3, -0.25) is 4.79 Å². The number of nitrogens with zero attached hydrogens (tertiary/aromatic N) is 1. The molecule has 0 aliphatic heterocycles. The number of rotatable bonds is 12. The molecule has 0 amide bonds. The number of carbonyl (C=O) groups is 1. The van der Waals surface area contributed by atoms with E-state index in [0.717, 1.165) is 17.0 Å². The van der Waals surface area contributed by atoms with Crippen molar-refractivity contribution in [1.82, 2.24) is 15.3 Å². The normalized spacial score (nSPS) is 12.8. The fourth-order valence-corrected chi connectivity index (χ4v) is 3.33. The number of imidazole rings is 1. The van der Waals surface area contributed by atoms with Crippen molar-refractivity contribution >= 4 is 5.78 Å². The number of aliphatic hydroxyl groups excluding tert-OH is 1. The molecule has 2 aromatic carbocycles. The molecule has 0 spiro atoms. The van der Waals surface area contributed by atoms with Gasteiger partial charge in [0.15, 0.2) is 17.3 Å². The van der Waals surface area contributed by atoms with Crippen LogP contribution in [0.25, 0.3) is 0 Å². The maximum atomic E-state index is 11.4. The van der Waals surface area contributed by atoms with Crippen LogP contribution in [0.5, 0.6) is 17.2 Å². The highest BCUT2D eigenvalue weighted by molar-refractivity contribution is 5.91. The molecule has 1 aromatic heterocycles. The van der Waals surface area contributed by atoms with Crippen LogP contribution in [0.1, 0.15) is 47.3 Å². The molecule has 0 aliphatic rings. The maximum Gasteiger partial charge on any atom is 0.177 e. The molecule has 0 radical (unpaired) electrons. The minimum absolute atomic E-state index is 0.0175. The molecule has 3 aromatic rings. The van der Waals surface area contributed by atoms with Gasteiger partial charge in [-0.15, -0.1) is 0 Å². The summed E-state index contributed by atoms with van der Waals surface area (Å²) in [6.07, 6.45) is 1.48. The molecule has 33 heavy (non-hydrogen) atoms. The van der Waals surface area contributed by atoms with Gasteiger partial charge in [-0.1, -0.05) is 18.2 Å². The molecule has 8 heteroatoms. The lowest BCUT2D eigenvalue weighted by atomic mass is 10.1. The number of aliphatic hydroxyl groups is 1. The number of aromatic amines is 1. The molecule has 8 nitrogen and oxygen atoms in total. The van der Waals surface area contributed by atoms with E-state index in [1.807, 2.05) is 49.4 Å². The summed E-state index contributed by atoms with van der Waals surface area (Å²) in [4.78, 5) is 18.6. The molecule has 0 unspecified atom stereocenters. The summed E-state index contributed by atoms with van der Waals surface area (Å²) in [6.45, 7) is 4.08. The minimum Gasteiger partial charge on any atom is -0.493 e. The van der Waals surface area contributed by atoms with Crippen LogP contribution < -0.4 is 19.5 Å². The van der Waals surface area contributed by atoms with Gasteiger partial charge in [-0.25, -0.2) is 4.98 Å². The van der Waals surface area contributed by atoms with E-state index in [-0.39, 0.29) is 18.4 Å². The average Bonchev–Trinajstić information content (AvgIpc) is 3.30. The number of carbonyl (C=O) groups excluding carboxylic acids is 1. The summed E-state index contributed by atoms with van der Waals surface area (Å²) in [5.41, 5.74) is 2.58. The third-order valence-electron chi connectivity index (χ3n) is 5.31. The molecule has 0 bridgehead atoms. The second-order valence-corrected chi connectivity index (χ2v) is 7.83. The number of hydrogen-bond donors (Lipinski definition) is 3. The largest absolute Gasteiger partial charge is 0.493 e. The van der Waals surface area contributed by atoms with Crippen molar-refractivity contribution < 1.29 is 24.1 Å². The van der Waals surface area contributed by atoms with Crippen molar-refractivity contribution in [2.45, 2.75) is 32.4 Å². The predicted octanol–water partition coefficient (Wildman–Crippen LogP) is 3.31. The number of ether oxygens (including phenoxy) is 3. The lowest BCUT2D eigenvalue weighted by Gasteiger charge is -2.19. The van der Waals surface area contributed by atoms with Gasteiger partial charge in [0.05, 0.1) is 20.4 Å². The number of hydrogen-bond acceptors (Lipinski definition) is 7. The highest BCUT2D eigenvalue weighted by Gasteiger charge is 2.13. The zero-order chi connectivity index (χ0) is 23.8. The molecule has 0 aliphatic carbocycles. The molecule has 3 rings (SSSR count). The molecular weight excluding hydrogens is 422 g/mol. The van der Waals surface area contributed by atoms with Crippen molar-refractivity contribution in [3.8, 4) is 17.2 Å². The Hall–Kier alpha value is -3.36. The maximum absolute atomic E-state index is 11.4. The number of Topliss-reactive ketones (excluding diaryl/α,β-unsaturated/α-hetero) is 1. The quantitative estimate of drug-likeness (QED) is 0.361. The van der Waals surface area contributed by atoms with Crippen LogP contribution in [0.2, 0.25) is 0 Å². The molecule has 176 valence electrons. The molecular formula is C25H31N3O5. The fourth-order valence-electron chi connectivity index (χ4n) is 3.33. The van der Waals surface area contributed by atoms with Crippen LogP contribution in [0, 0.1) is 0 Å². The number of methoxy groups -OCH3 is 2. The van der Waals surface area contributed by atoms with Crippen LogP contribution >= 0.6 is 0 Å². The smallest absolute Gasteiger partial charge is 0.177 e. The fraction of sp³-hybridized carbons (Fsp3) is 0.360. The van der Waals surface area contributed by atoms with E-state index in [4.69, 9.17) is 14.2 Å². The Morgan fingerprint density at radius 2 is 1.85 bits per heavy atom. The van der Waals surface area contributed by atoms with E-state index in [0.29, 0.717) is 35.9 Å². The van der Waals surface area contributed by atoms with E-state index >= 15 is 0 Å². The van der Waals surface area contributed by atoms with Gasteiger partial charge in [0.25, 0.3) is 0 Å². The summed E-state index contributed by atoms with van der Waals surface area (Å²) in [5, 5.41) is 13.6. The number of aromatic nitrogens is 2. The van der Waals surface area contributed by atoms with Gasteiger partial charge in [0.1, 0.15) is 30.0 Å². The predicted molar refractivity (Wildman–Crippen MR) is 125 cm³/mol. The van der Waals surface area contributed by atoms with E-state index in [2.05, 4.69) is 15.3 Å². The monoisotopic (exact) mass is 453 g/mol. The second-order valence-electron chi connectivity index (χ2n) is 7.83. The summed E-state index contributed by atoms with van der Waals surface area (Å²) >= 11 is 0. The molecule has 3 N–H and O–H groups in total. The summed E-state index contributed by atoms with van der Waals surface area (Å²) in [6, 6.07) is 13.4. The van der Waals surface area contributed by atoms with Gasteiger partial charge < -0.3 is 29.6 Å². The highest BCUT2D eigenvalue weighted by Crippen LogP contribution is 2.29. The summed E-state index contributed by atoms with van der Waals surface area (Å²) in [7, 11) is 3.21. The molecule has 0 saturated carbocycles. The van der Waals surface area contributed by atoms with Crippen LogP contribution in [0.3, 0.4) is 0 Å². The first-order valence-electron chi connectivity index (χ1n) is 10.8. The summed E-state index contributed by atoms with van der Waals surface area (Å²) < 4.78 is 16.3. The van der Waals surface area contributed by atoms with E-state index in [1.165, 1.54) is 6.92 Å². The van der Waals surface area contributed by atoms with Crippen LogP contribution in [-0.2, 0) is 6.42 Å². The van der Waals surface area contributed by atoms with Gasteiger partial charge in [0, 0.05) is 25.9 Å². The molecule has 0 fully saturated rings. The SMILES string of the molecule is COc1ccc([C@H](C)NC[C@H](O)COc2ccc(Cc3ncc(C(C)=O)[nH]3)cc2)cc1OC. The standard InChI is InChI=1S/C25H31N3O5/c1-16(19-7-10-23(31-3)24(12-19)32-4)26-13-20(30)15-33-21-8-5-18(6-9-21)11-25-27-14-22(28-25)17(2)29/h5-10,12,14,16,20,26,30H,11,13,15H2,1-4H3,(H,27,28)/t16-,20-/m0/s1. The first-order valence-corrected chi connectivity index (χ1v) is 10.8. The van der Waals surface area contributed by atoms with Crippen LogP contribution in [-0.4, -0.2) is 54.3 Å². The molecule has 0 saturated heterocycles. The minimum atomic E-state index is -0.666. The zero-order valence-corrected chi connectivity index (χ0v) is 19.4. The average molecular weight is 454 g/mol. The topological polar surface area (TPSA) is 106 Å². The van der Waals surface area contributed by atoms with Gasteiger partial charge >= 0.3 is 0 Å². The molecule has 2 atom stereocenters. The number of benzene rings is 2. The van der Waals surface area contributed by atoms with Crippen LogP contribution in [0.15, 0.2) is 48.7 Å². The Bertz CT molecular complexity index is 1050. The first-order chi connectivity index (χ1) is 15.9. The molecule has 1 heterocycles. The summed E-state index contributed by atoms with van der Waals surface area (Å²) in [5.74, 6) is 2.72. The second kappa shape index (κ2) is 11.5. The number of nitrogens with one attached hydrogen (secondary N) is 2. The van der Waals surface area contributed by atoms with Crippen molar-refractivity contribution in [2.75, 3.05) is 27.4 Å². The van der Waals surface area contributed by atoms with Crippen LogP contribution in [0.4, 0.5) is 0 Å². The third-order valence-corrected chi connectivity index (χ3v) is 5.31. The highest BCUT2D eigenvalue weighted by atomic mass is 16.5.